The molecule has 0 saturated heterocycles. The first kappa shape index (κ1) is 20.4. The molecule has 2 aliphatic rings. The van der Waals surface area contributed by atoms with Crippen molar-refractivity contribution in [3.05, 3.63) is 59.8 Å². The quantitative estimate of drug-likeness (QED) is 0.787. The van der Waals surface area contributed by atoms with Gasteiger partial charge in [-0.25, -0.2) is 9.98 Å². The first-order chi connectivity index (χ1) is 14.3. The van der Waals surface area contributed by atoms with Gasteiger partial charge in [0.1, 0.15) is 11.7 Å². The van der Waals surface area contributed by atoms with Crippen LogP contribution < -0.4 is 5.32 Å². The minimum Gasteiger partial charge on any atom is -0.331 e. The van der Waals surface area contributed by atoms with Crippen molar-refractivity contribution in [3.63, 3.8) is 0 Å². The van der Waals surface area contributed by atoms with Crippen LogP contribution in [0.15, 0.2) is 53.7 Å². The maximum atomic E-state index is 14.4. The zero-order valence-electron chi connectivity index (χ0n) is 16.6. The number of hydrogen-bond acceptors (Lipinski definition) is 4. The Kier molecular flexibility index (Phi) is 5.26. The predicted molar refractivity (Wildman–Crippen MR) is 108 cm³/mol. The molecule has 1 aromatic carbocycles. The number of hydrogen-bond donors (Lipinski definition) is 1. The van der Waals surface area contributed by atoms with Crippen LogP contribution in [-0.4, -0.2) is 39.5 Å². The SMILES string of the molecule is Cc1ccnc(NC2(C(F)(F)F)N=C(c3ccccc3)N(C3CCCCC3)C2=O)c1. The Hall–Kier alpha value is -2.90. The highest BCUT2D eigenvalue weighted by Crippen LogP contribution is 2.42. The molecule has 1 N–H and O–H groups in total. The molecule has 8 heteroatoms. The smallest absolute Gasteiger partial charge is 0.331 e. The lowest BCUT2D eigenvalue weighted by atomic mass is 9.93. The van der Waals surface area contributed by atoms with Crippen LogP contribution >= 0.6 is 0 Å². The molecule has 30 heavy (non-hydrogen) atoms. The molecule has 2 heterocycles. The van der Waals surface area contributed by atoms with Gasteiger partial charge in [0.15, 0.2) is 0 Å². The fourth-order valence-electron chi connectivity index (χ4n) is 4.13. The number of carbonyl (C=O) groups excluding carboxylic acids is 1. The Morgan fingerprint density at radius 3 is 2.43 bits per heavy atom. The van der Waals surface area contributed by atoms with E-state index in [2.05, 4.69) is 15.3 Å². The number of halogens is 3. The summed E-state index contributed by atoms with van der Waals surface area (Å²) >= 11 is 0. The average Bonchev–Trinajstić information content (AvgIpc) is 3.03. The fraction of sp³-hybridized carbons (Fsp3) is 0.409. The normalized spacial score (nSPS) is 22.9. The van der Waals surface area contributed by atoms with E-state index in [-0.39, 0.29) is 17.7 Å². The Morgan fingerprint density at radius 2 is 1.80 bits per heavy atom. The zero-order chi connectivity index (χ0) is 21.4. The number of rotatable bonds is 4. The van der Waals surface area contributed by atoms with Gasteiger partial charge in [-0.3, -0.25) is 9.69 Å². The maximum Gasteiger partial charge on any atom is 0.442 e. The molecule has 1 aromatic heterocycles. The number of nitrogens with zero attached hydrogens (tertiary/aromatic N) is 3. The van der Waals surface area contributed by atoms with Crippen molar-refractivity contribution in [2.45, 2.75) is 56.9 Å². The monoisotopic (exact) mass is 416 g/mol. The largest absolute Gasteiger partial charge is 0.442 e. The second-order valence-electron chi connectivity index (χ2n) is 7.82. The minimum atomic E-state index is -4.95. The maximum absolute atomic E-state index is 14.4. The number of pyridine rings is 1. The summed E-state index contributed by atoms with van der Waals surface area (Å²) in [6, 6.07) is 11.4. The number of alkyl halides is 3. The molecule has 1 saturated carbocycles. The molecule has 1 amide bonds. The van der Waals surface area contributed by atoms with E-state index in [1.165, 1.54) is 17.2 Å². The van der Waals surface area contributed by atoms with Gasteiger partial charge < -0.3 is 5.32 Å². The number of benzene rings is 1. The Morgan fingerprint density at radius 1 is 1.10 bits per heavy atom. The average molecular weight is 416 g/mol. The third-order valence-corrected chi connectivity index (χ3v) is 5.64. The number of nitrogens with one attached hydrogen (secondary N) is 1. The molecule has 0 bridgehead atoms. The van der Waals surface area contributed by atoms with Crippen LogP contribution in [0.4, 0.5) is 19.0 Å². The van der Waals surface area contributed by atoms with Crippen molar-refractivity contribution in [1.82, 2.24) is 9.88 Å². The van der Waals surface area contributed by atoms with Gasteiger partial charge in [0.25, 0.3) is 5.91 Å². The standard InChI is InChI=1S/C22H23F3N4O/c1-15-12-13-26-18(14-15)27-21(22(23,24)25)20(30)29(17-10-6-3-7-11-17)19(28-21)16-8-4-2-5-9-16/h2,4-5,8-9,12-14,17H,3,6-7,10-11H2,1H3,(H,26,27). The molecule has 5 nitrogen and oxygen atoms in total. The number of anilines is 1. The molecule has 0 spiro atoms. The van der Waals surface area contributed by atoms with Crippen LogP contribution in [0.5, 0.6) is 0 Å². The molecule has 2 aromatic rings. The number of aryl methyl sites for hydroxylation is 1. The third-order valence-electron chi connectivity index (χ3n) is 5.64. The molecule has 1 unspecified atom stereocenters. The lowest BCUT2D eigenvalue weighted by Crippen LogP contribution is -2.59. The van der Waals surface area contributed by atoms with Crippen LogP contribution in [0, 0.1) is 6.92 Å². The highest BCUT2D eigenvalue weighted by atomic mass is 19.4. The highest BCUT2D eigenvalue weighted by Gasteiger charge is 2.67. The summed E-state index contributed by atoms with van der Waals surface area (Å²) in [6.45, 7) is 1.75. The van der Waals surface area contributed by atoms with E-state index >= 15 is 0 Å². The van der Waals surface area contributed by atoms with Gasteiger partial charge in [-0.1, -0.05) is 49.6 Å². The summed E-state index contributed by atoms with van der Waals surface area (Å²) in [6.07, 6.45) is 0.556. The molecular weight excluding hydrogens is 393 g/mol. The molecule has 0 radical (unpaired) electrons. The summed E-state index contributed by atoms with van der Waals surface area (Å²) in [4.78, 5) is 22.7. The van der Waals surface area contributed by atoms with Crippen LogP contribution in [0.2, 0.25) is 0 Å². The van der Waals surface area contributed by atoms with E-state index in [9.17, 15) is 18.0 Å². The van der Waals surface area contributed by atoms with E-state index in [1.54, 1.807) is 43.3 Å². The van der Waals surface area contributed by atoms with Gasteiger partial charge in [0.2, 0.25) is 0 Å². The molecule has 1 atom stereocenters. The first-order valence-corrected chi connectivity index (χ1v) is 10.1. The molecular formula is C22H23F3N4O. The zero-order valence-corrected chi connectivity index (χ0v) is 16.6. The number of aliphatic imine (C=N–C) groups is 1. The predicted octanol–water partition coefficient (Wildman–Crippen LogP) is 4.68. The summed E-state index contributed by atoms with van der Waals surface area (Å²) in [5, 5.41) is 2.34. The second-order valence-corrected chi connectivity index (χ2v) is 7.82. The van der Waals surface area contributed by atoms with E-state index in [0.717, 1.165) is 24.8 Å². The second kappa shape index (κ2) is 7.74. The number of aromatic nitrogens is 1. The van der Waals surface area contributed by atoms with Crippen molar-refractivity contribution in [2.24, 2.45) is 4.99 Å². The fourth-order valence-corrected chi connectivity index (χ4v) is 4.13. The van der Waals surface area contributed by atoms with Gasteiger partial charge in [0, 0.05) is 17.8 Å². The van der Waals surface area contributed by atoms with Crippen molar-refractivity contribution in [3.8, 4) is 0 Å². The van der Waals surface area contributed by atoms with E-state index in [0.29, 0.717) is 18.4 Å². The third kappa shape index (κ3) is 3.55. The lowest BCUT2D eigenvalue weighted by Gasteiger charge is -2.34. The van der Waals surface area contributed by atoms with Crippen molar-refractivity contribution in [2.75, 3.05) is 5.32 Å². The molecule has 158 valence electrons. The van der Waals surface area contributed by atoms with Crippen LogP contribution in [0.3, 0.4) is 0 Å². The van der Waals surface area contributed by atoms with Crippen LogP contribution in [0.1, 0.15) is 43.2 Å². The minimum absolute atomic E-state index is 0.0395. The summed E-state index contributed by atoms with van der Waals surface area (Å²) in [5.74, 6) is -1.07. The topological polar surface area (TPSA) is 57.6 Å². The van der Waals surface area contributed by atoms with E-state index in [4.69, 9.17) is 0 Å². The summed E-state index contributed by atoms with van der Waals surface area (Å²) in [7, 11) is 0. The molecule has 1 aliphatic carbocycles. The van der Waals surface area contributed by atoms with Gasteiger partial charge in [0.05, 0.1) is 0 Å². The Bertz CT molecular complexity index is 954. The Balaban J connectivity index is 1.84. The molecule has 1 aliphatic heterocycles. The number of carbonyl (C=O) groups is 1. The van der Waals surface area contributed by atoms with Gasteiger partial charge in [-0.15, -0.1) is 0 Å². The van der Waals surface area contributed by atoms with E-state index in [1.807, 2.05) is 0 Å². The van der Waals surface area contributed by atoms with Gasteiger partial charge in [-0.2, -0.15) is 13.2 Å². The first-order valence-electron chi connectivity index (χ1n) is 10.1. The molecule has 4 rings (SSSR count). The Labute approximate surface area is 173 Å². The van der Waals surface area contributed by atoms with E-state index < -0.39 is 17.7 Å². The van der Waals surface area contributed by atoms with Crippen molar-refractivity contribution in [1.29, 1.82) is 0 Å². The van der Waals surface area contributed by atoms with Crippen molar-refractivity contribution >= 4 is 17.6 Å². The van der Waals surface area contributed by atoms with Crippen molar-refractivity contribution < 1.29 is 18.0 Å². The number of amidine groups is 1. The summed E-state index contributed by atoms with van der Waals surface area (Å²) in [5.41, 5.74) is -1.88. The van der Waals surface area contributed by atoms with Crippen LogP contribution in [-0.2, 0) is 4.79 Å². The number of amides is 1. The molecule has 1 fully saturated rings. The highest BCUT2D eigenvalue weighted by molar-refractivity contribution is 6.16. The lowest BCUT2D eigenvalue weighted by molar-refractivity contribution is -0.186. The van der Waals surface area contributed by atoms with Gasteiger partial charge >= 0.3 is 11.8 Å². The summed E-state index contributed by atoms with van der Waals surface area (Å²) < 4.78 is 43.3. The van der Waals surface area contributed by atoms with Gasteiger partial charge in [-0.05, 0) is 37.5 Å². The van der Waals surface area contributed by atoms with Crippen LogP contribution in [0.25, 0.3) is 0 Å².